The van der Waals surface area contributed by atoms with Crippen LogP contribution in [0.1, 0.15) is 43.9 Å². The summed E-state index contributed by atoms with van der Waals surface area (Å²) in [6, 6.07) is 13.5. The maximum Gasteiger partial charge on any atom is 0.261 e. The number of carbonyl (C=O) groups excluding carboxylic acids is 3. The van der Waals surface area contributed by atoms with Gasteiger partial charge in [-0.25, -0.2) is 0 Å². The number of rotatable bonds is 5. The summed E-state index contributed by atoms with van der Waals surface area (Å²) >= 11 is 6.15. The van der Waals surface area contributed by atoms with Crippen molar-refractivity contribution < 1.29 is 19.1 Å². The Balaban J connectivity index is 1.39. The number of carbonyl (C=O) groups is 3. The molecule has 1 N–H and O–H groups in total. The molecule has 1 fully saturated rings. The minimum Gasteiger partial charge on any atom is -0.376 e. The summed E-state index contributed by atoms with van der Waals surface area (Å²) in [6.07, 6.45) is 5.32. The molecule has 0 aliphatic carbocycles. The lowest BCUT2D eigenvalue weighted by molar-refractivity contribution is 0.0475. The SMILES string of the molecule is O=C(Nc1ccc(Cl)cc1-n1cccc1)c1ccc2c(c1)C(=O)N(CC1CCCO1)C2=O. The average Bonchev–Trinajstić information content (AvgIpc) is 3.55. The van der Waals surface area contributed by atoms with Crippen molar-refractivity contribution in [1.29, 1.82) is 0 Å². The summed E-state index contributed by atoms with van der Waals surface area (Å²) in [5.74, 6) is -1.13. The number of ether oxygens (including phenoxy) is 1. The number of imide groups is 1. The highest BCUT2D eigenvalue weighted by Crippen LogP contribution is 2.28. The summed E-state index contributed by atoms with van der Waals surface area (Å²) in [7, 11) is 0. The third kappa shape index (κ3) is 3.70. The van der Waals surface area contributed by atoms with Crippen LogP contribution in [-0.4, -0.2) is 46.4 Å². The van der Waals surface area contributed by atoms with Crippen molar-refractivity contribution in [2.75, 3.05) is 18.5 Å². The lowest BCUT2D eigenvalue weighted by Crippen LogP contribution is -2.36. The summed E-state index contributed by atoms with van der Waals surface area (Å²) < 4.78 is 7.41. The topological polar surface area (TPSA) is 80.6 Å². The molecule has 3 amide bonds. The number of hydrogen-bond acceptors (Lipinski definition) is 4. The predicted molar refractivity (Wildman–Crippen MR) is 120 cm³/mol. The van der Waals surface area contributed by atoms with Gasteiger partial charge in [-0.2, -0.15) is 0 Å². The number of nitrogens with one attached hydrogen (secondary N) is 1. The van der Waals surface area contributed by atoms with Crippen molar-refractivity contribution >= 4 is 35.0 Å². The predicted octanol–water partition coefficient (Wildman–Crippen LogP) is 4.16. The van der Waals surface area contributed by atoms with Crippen LogP contribution in [0.2, 0.25) is 5.02 Å². The van der Waals surface area contributed by atoms with Gasteiger partial charge in [0.05, 0.1) is 35.2 Å². The van der Waals surface area contributed by atoms with Crippen molar-refractivity contribution in [1.82, 2.24) is 9.47 Å². The van der Waals surface area contributed by atoms with E-state index in [0.717, 1.165) is 12.8 Å². The van der Waals surface area contributed by atoms with Gasteiger partial charge in [0.1, 0.15) is 0 Å². The first kappa shape index (κ1) is 20.5. The van der Waals surface area contributed by atoms with E-state index >= 15 is 0 Å². The zero-order valence-electron chi connectivity index (χ0n) is 17.1. The molecule has 0 saturated carbocycles. The minimum absolute atomic E-state index is 0.128. The number of anilines is 1. The molecule has 1 saturated heterocycles. The fourth-order valence-electron chi connectivity index (χ4n) is 4.10. The van der Waals surface area contributed by atoms with Gasteiger partial charge in [-0.3, -0.25) is 19.3 Å². The van der Waals surface area contributed by atoms with Gasteiger partial charge in [0.2, 0.25) is 0 Å². The second kappa shape index (κ2) is 8.26. The lowest BCUT2D eigenvalue weighted by Gasteiger charge is -2.17. The molecule has 0 spiro atoms. The van der Waals surface area contributed by atoms with Crippen LogP contribution in [0.5, 0.6) is 0 Å². The highest BCUT2D eigenvalue weighted by Gasteiger charge is 2.38. The number of benzene rings is 2. The number of nitrogens with zero attached hydrogens (tertiary/aromatic N) is 2. The third-order valence-corrected chi connectivity index (χ3v) is 5.97. The number of fused-ring (bicyclic) bond motifs is 1. The van der Waals surface area contributed by atoms with Crippen molar-refractivity contribution in [3.63, 3.8) is 0 Å². The van der Waals surface area contributed by atoms with Gasteiger partial charge in [-0.15, -0.1) is 0 Å². The minimum atomic E-state index is -0.394. The van der Waals surface area contributed by atoms with Crippen molar-refractivity contribution in [3.05, 3.63) is 82.6 Å². The average molecular weight is 450 g/mol. The maximum atomic E-state index is 13.0. The Morgan fingerprint density at radius 1 is 1.06 bits per heavy atom. The summed E-state index contributed by atoms with van der Waals surface area (Å²) in [4.78, 5) is 39.8. The second-order valence-electron chi connectivity index (χ2n) is 7.82. The van der Waals surface area contributed by atoms with Gasteiger partial charge in [0, 0.05) is 29.6 Å². The molecule has 2 aromatic carbocycles. The first-order valence-corrected chi connectivity index (χ1v) is 10.7. The molecule has 7 nitrogen and oxygen atoms in total. The van der Waals surface area contributed by atoms with E-state index in [-0.39, 0.29) is 35.6 Å². The Bertz CT molecular complexity index is 1220. The second-order valence-corrected chi connectivity index (χ2v) is 8.26. The Kier molecular flexibility index (Phi) is 5.28. The molecule has 8 heteroatoms. The molecule has 1 atom stereocenters. The molecular weight excluding hydrogens is 430 g/mol. The molecule has 2 aliphatic rings. The van der Waals surface area contributed by atoms with Crippen LogP contribution in [0, 0.1) is 0 Å². The van der Waals surface area contributed by atoms with Gasteiger partial charge in [-0.1, -0.05) is 11.6 Å². The molecule has 162 valence electrons. The maximum absolute atomic E-state index is 13.0. The Hall–Kier alpha value is -3.42. The van der Waals surface area contributed by atoms with Crippen molar-refractivity contribution in [2.45, 2.75) is 18.9 Å². The van der Waals surface area contributed by atoms with E-state index in [9.17, 15) is 14.4 Å². The number of amides is 3. The fraction of sp³-hybridized carbons (Fsp3) is 0.208. The molecule has 1 aromatic heterocycles. The number of halogens is 1. The quantitative estimate of drug-likeness (QED) is 0.593. The van der Waals surface area contributed by atoms with Gasteiger partial charge < -0.3 is 14.6 Å². The molecular formula is C24H20ClN3O4. The van der Waals surface area contributed by atoms with Crippen LogP contribution in [0.3, 0.4) is 0 Å². The third-order valence-electron chi connectivity index (χ3n) is 5.73. The van der Waals surface area contributed by atoms with Crippen LogP contribution in [0.15, 0.2) is 60.9 Å². The van der Waals surface area contributed by atoms with Crippen LogP contribution in [0.25, 0.3) is 5.69 Å². The fourth-order valence-corrected chi connectivity index (χ4v) is 4.27. The summed E-state index contributed by atoms with van der Waals surface area (Å²) in [5.41, 5.74) is 2.12. The van der Waals surface area contributed by atoms with Gasteiger partial charge >= 0.3 is 0 Å². The van der Waals surface area contributed by atoms with E-state index in [2.05, 4.69) is 5.32 Å². The van der Waals surface area contributed by atoms with E-state index in [1.807, 2.05) is 29.1 Å². The molecule has 2 aliphatic heterocycles. The van der Waals surface area contributed by atoms with Crippen molar-refractivity contribution in [3.8, 4) is 5.69 Å². The van der Waals surface area contributed by atoms with E-state index in [4.69, 9.17) is 16.3 Å². The number of hydrogen-bond donors (Lipinski definition) is 1. The summed E-state index contributed by atoms with van der Waals surface area (Å²) in [6.45, 7) is 0.882. The Morgan fingerprint density at radius 2 is 1.84 bits per heavy atom. The van der Waals surface area contributed by atoms with Crippen molar-refractivity contribution in [2.24, 2.45) is 0 Å². The molecule has 5 rings (SSSR count). The zero-order valence-corrected chi connectivity index (χ0v) is 17.8. The standard InChI is InChI=1S/C24H20ClN3O4/c25-16-6-8-20(21(13-16)27-9-1-2-10-27)26-22(29)15-5-7-18-19(12-15)24(31)28(23(18)30)14-17-4-3-11-32-17/h1-2,5-10,12-13,17H,3-4,11,14H2,(H,26,29). The van der Waals surface area contributed by atoms with Crippen LogP contribution < -0.4 is 5.32 Å². The van der Waals surface area contributed by atoms with Crippen LogP contribution >= 0.6 is 11.6 Å². The Morgan fingerprint density at radius 3 is 2.59 bits per heavy atom. The van der Waals surface area contributed by atoms with Crippen LogP contribution in [-0.2, 0) is 4.74 Å². The monoisotopic (exact) mass is 449 g/mol. The highest BCUT2D eigenvalue weighted by molar-refractivity contribution is 6.31. The molecule has 32 heavy (non-hydrogen) atoms. The highest BCUT2D eigenvalue weighted by atomic mass is 35.5. The van der Waals surface area contributed by atoms with E-state index in [0.29, 0.717) is 28.6 Å². The summed E-state index contributed by atoms with van der Waals surface area (Å²) in [5, 5.41) is 3.42. The van der Waals surface area contributed by atoms with Crippen LogP contribution in [0.4, 0.5) is 5.69 Å². The normalized spacial score (nSPS) is 17.7. The van der Waals surface area contributed by atoms with Gasteiger partial charge in [0.15, 0.2) is 0 Å². The lowest BCUT2D eigenvalue weighted by atomic mass is 10.1. The van der Waals surface area contributed by atoms with E-state index in [1.54, 1.807) is 24.3 Å². The van der Waals surface area contributed by atoms with E-state index < -0.39 is 5.91 Å². The number of aromatic nitrogens is 1. The molecule has 1 unspecified atom stereocenters. The molecule has 3 aromatic rings. The first-order valence-electron chi connectivity index (χ1n) is 10.4. The zero-order chi connectivity index (χ0) is 22.2. The van der Waals surface area contributed by atoms with E-state index in [1.165, 1.54) is 17.0 Å². The smallest absolute Gasteiger partial charge is 0.261 e. The van der Waals surface area contributed by atoms with Gasteiger partial charge in [0.25, 0.3) is 17.7 Å². The largest absolute Gasteiger partial charge is 0.376 e. The van der Waals surface area contributed by atoms with Gasteiger partial charge in [-0.05, 0) is 61.4 Å². The Labute approximate surface area is 189 Å². The molecule has 0 bridgehead atoms. The molecule has 3 heterocycles. The molecule has 0 radical (unpaired) electrons. The first-order chi connectivity index (χ1) is 15.5.